The quantitative estimate of drug-likeness (QED) is 0.634. The molecule has 7 heteroatoms. The van der Waals surface area contributed by atoms with Crippen molar-refractivity contribution in [3.05, 3.63) is 10.4 Å². The van der Waals surface area contributed by atoms with Gasteiger partial charge in [0.2, 0.25) is 0 Å². The Balaban J connectivity index is 2.10. The van der Waals surface area contributed by atoms with Crippen LogP contribution in [0.3, 0.4) is 0 Å². The van der Waals surface area contributed by atoms with Crippen LogP contribution >= 0.6 is 23.1 Å². The van der Waals surface area contributed by atoms with Gasteiger partial charge in [-0.15, -0.1) is 11.3 Å². The van der Waals surface area contributed by atoms with Crippen LogP contribution in [0.1, 0.15) is 38.1 Å². The molecule has 0 fully saturated rings. The summed E-state index contributed by atoms with van der Waals surface area (Å²) >= 11 is 3.47. The van der Waals surface area contributed by atoms with E-state index in [0.717, 1.165) is 27.6 Å². The summed E-state index contributed by atoms with van der Waals surface area (Å²) in [6.45, 7) is 10.5. The zero-order valence-corrected chi connectivity index (χ0v) is 15.7. The number of hydrogen-bond donors (Lipinski definition) is 2. The summed E-state index contributed by atoms with van der Waals surface area (Å²) in [6.07, 6.45) is 0.923. The van der Waals surface area contributed by atoms with E-state index in [9.17, 15) is 0 Å². The van der Waals surface area contributed by atoms with Crippen molar-refractivity contribution in [2.45, 2.75) is 56.7 Å². The average molecular weight is 353 g/mol. The third-order valence-corrected chi connectivity index (χ3v) is 5.76. The van der Waals surface area contributed by atoms with Crippen molar-refractivity contribution in [2.24, 2.45) is 5.73 Å². The van der Waals surface area contributed by atoms with Crippen LogP contribution < -0.4 is 11.1 Å². The molecule has 2 aromatic rings. The van der Waals surface area contributed by atoms with Gasteiger partial charge >= 0.3 is 0 Å². The number of nitrogens with one attached hydrogen (secondary N) is 1. The predicted octanol–water partition coefficient (Wildman–Crippen LogP) is 3.41. The fraction of sp³-hybridized carbons (Fsp3) is 0.625. The van der Waals surface area contributed by atoms with Crippen LogP contribution in [0.25, 0.3) is 10.2 Å². The average Bonchev–Trinajstić information content (AvgIpc) is 2.80. The van der Waals surface area contributed by atoms with E-state index in [4.69, 9.17) is 20.4 Å². The first-order chi connectivity index (χ1) is 10.9. The number of nitrogens with zero attached hydrogens (tertiary/aromatic N) is 2. The van der Waals surface area contributed by atoms with Crippen LogP contribution in [0.15, 0.2) is 5.16 Å². The molecular formula is C16H24N4OS2. The third kappa shape index (κ3) is 3.63. The highest BCUT2D eigenvalue weighted by atomic mass is 32.2. The molecule has 0 spiro atoms. The standard InChI is InChI=1S/C16H24N4OS2/c1-9(2)22-15-19-12-10-8-21-16(3,4)7-11(10)23-13(12)14(20-15)18-6-5-17/h9H,5-8,17H2,1-4H3,(H,18,19,20). The van der Waals surface area contributed by atoms with Crippen LogP contribution in [-0.2, 0) is 17.8 Å². The van der Waals surface area contributed by atoms with E-state index in [0.29, 0.717) is 24.9 Å². The zero-order valence-electron chi connectivity index (χ0n) is 14.1. The van der Waals surface area contributed by atoms with Crippen molar-refractivity contribution in [3.8, 4) is 0 Å². The summed E-state index contributed by atoms with van der Waals surface area (Å²) in [5, 5.41) is 4.62. The molecule has 1 aliphatic rings. The van der Waals surface area contributed by atoms with Crippen molar-refractivity contribution >= 4 is 39.1 Å². The fourth-order valence-electron chi connectivity index (χ4n) is 2.62. The highest BCUT2D eigenvalue weighted by Gasteiger charge is 2.30. The van der Waals surface area contributed by atoms with Gasteiger partial charge in [0.05, 0.1) is 22.4 Å². The molecular weight excluding hydrogens is 328 g/mol. The summed E-state index contributed by atoms with van der Waals surface area (Å²) in [6, 6.07) is 0. The highest BCUT2D eigenvalue weighted by Crippen LogP contribution is 2.41. The number of aromatic nitrogens is 2. The molecule has 0 radical (unpaired) electrons. The molecule has 0 atom stereocenters. The molecule has 0 amide bonds. The Morgan fingerprint density at radius 3 is 2.87 bits per heavy atom. The Bertz CT molecular complexity index is 712. The van der Waals surface area contributed by atoms with E-state index in [-0.39, 0.29) is 5.60 Å². The number of fused-ring (bicyclic) bond motifs is 3. The highest BCUT2D eigenvalue weighted by molar-refractivity contribution is 7.99. The Morgan fingerprint density at radius 1 is 1.39 bits per heavy atom. The number of hydrogen-bond acceptors (Lipinski definition) is 7. The topological polar surface area (TPSA) is 73.1 Å². The van der Waals surface area contributed by atoms with Gasteiger partial charge in [0.1, 0.15) is 5.82 Å². The molecule has 0 unspecified atom stereocenters. The number of thioether (sulfide) groups is 1. The maximum Gasteiger partial charge on any atom is 0.190 e. The van der Waals surface area contributed by atoms with E-state index in [1.807, 2.05) is 0 Å². The lowest BCUT2D eigenvalue weighted by Gasteiger charge is -2.29. The van der Waals surface area contributed by atoms with E-state index in [1.165, 1.54) is 10.4 Å². The lowest BCUT2D eigenvalue weighted by molar-refractivity contribution is -0.0383. The minimum atomic E-state index is -0.109. The molecule has 3 N–H and O–H groups in total. The monoisotopic (exact) mass is 352 g/mol. The number of nitrogens with two attached hydrogens (primary N) is 1. The summed E-state index contributed by atoms with van der Waals surface area (Å²) < 4.78 is 7.12. The second-order valence-corrected chi connectivity index (χ2v) is 9.29. The van der Waals surface area contributed by atoms with Gasteiger partial charge in [0.25, 0.3) is 0 Å². The SMILES string of the molecule is CC(C)Sc1nc(NCCN)c2sc3c(c2n1)COC(C)(C)C3. The second-order valence-electron chi connectivity index (χ2n) is 6.64. The Labute approximate surface area is 145 Å². The smallest absolute Gasteiger partial charge is 0.190 e. The van der Waals surface area contributed by atoms with Gasteiger partial charge in [0.15, 0.2) is 5.16 Å². The van der Waals surface area contributed by atoms with Gasteiger partial charge in [-0.05, 0) is 13.8 Å². The third-order valence-electron chi connectivity index (χ3n) is 3.66. The Morgan fingerprint density at radius 2 is 2.17 bits per heavy atom. The van der Waals surface area contributed by atoms with Gasteiger partial charge in [-0.25, -0.2) is 9.97 Å². The van der Waals surface area contributed by atoms with Crippen molar-refractivity contribution in [2.75, 3.05) is 18.4 Å². The van der Waals surface area contributed by atoms with Crippen LogP contribution in [0.4, 0.5) is 5.82 Å². The molecule has 23 heavy (non-hydrogen) atoms. The molecule has 0 saturated carbocycles. The van der Waals surface area contributed by atoms with Gasteiger partial charge in [-0.2, -0.15) is 0 Å². The molecule has 126 valence electrons. The van der Waals surface area contributed by atoms with Gasteiger partial charge in [-0.3, -0.25) is 0 Å². The van der Waals surface area contributed by atoms with Crippen LogP contribution in [0.2, 0.25) is 0 Å². The number of ether oxygens (including phenoxy) is 1. The first kappa shape index (κ1) is 17.0. The van der Waals surface area contributed by atoms with Crippen molar-refractivity contribution in [1.29, 1.82) is 0 Å². The first-order valence-electron chi connectivity index (χ1n) is 7.96. The molecule has 3 rings (SSSR count). The van der Waals surface area contributed by atoms with Gasteiger partial charge in [-0.1, -0.05) is 25.6 Å². The molecule has 0 bridgehead atoms. The van der Waals surface area contributed by atoms with E-state index in [1.54, 1.807) is 23.1 Å². The van der Waals surface area contributed by atoms with E-state index < -0.39 is 0 Å². The van der Waals surface area contributed by atoms with Crippen LogP contribution in [0.5, 0.6) is 0 Å². The summed E-state index contributed by atoms with van der Waals surface area (Å²) in [5.74, 6) is 0.904. The van der Waals surface area contributed by atoms with E-state index >= 15 is 0 Å². The predicted molar refractivity (Wildman–Crippen MR) is 98.5 cm³/mol. The Kier molecular flexibility index (Phi) is 4.83. The van der Waals surface area contributed by atoms with Crippen LogP contribution in [0, 0.1) is 0 Å². The molecule has 2 aromatic heterocycles. The molecule has 3 heterocycles. The van der Waals surface area contributed by atoms with Crippen molar-refractivity contribution < 1.29 is 4.74 Å². The second kappa shape index (κ2) is 6.55. The molecule has 0 aliphatic carbocycles. The molecule has 0 saturated heterocycles. The van der Waals surface area contributed by atoms with E-state index in [2.05, 4.69) is 33.0 Å². The Hall–Kier alpha value is -0.890. The van der Waals surface area contributed by atoms with Crippen LogP contribution in [-0.4, -0.2) is 33.9 Å². The van der Waals surface area contributed by atoms with Crippen molar-refractivity contribution in [1.82, 2.24) is 9.97 Å². The minimum Gasteiger partial charge on any atom is -0.370 e. The fourth-order valence-corrected chi connectivity index (χ4v) is 4.75. The number of thiophene rings is 1. The normalized spacial score (nSPS) is 16.8. The van der Waals surface area contributed by atoms with Gasteiger partial charge in [0, 0.05) is 35.2 Å². The zero-order chi connectivity index (χ0) is 16.6. The summed E-state index contributed by atoms with van der Waals surface area (Å²) in [4.78, 5) is 10.9. The lowest BCUT2D eigenvalue weighted by atomic mass is 9.98. The first-order valence-corrected chi connectivity index (χ1v) is 9.66. The largest absolute Gasteiger partial charge is 0.370 e. The lowest BCUT2D eigenvalue weighted by Crippen LogP contribution is -2.30. The maximum atomic E-state index is 6.00. The number of rotatable bonds is 5. The maximum absolute atomic E-state index is 6.00. The van der Waals surface area contributed by atoms with Crippen molar-refractivity contribution in [3.63, 3.8) is 0 Å². The summed E-state index contributed by atoms with van der Waals surface area (Å²) in [5.41, 5.74) is 7.80. The minimum absolute atomic E-state index is 0.109. The summed E-state index contributed by atoms with van der Waals surface area (Å²) in [7, 11) is 0. The number of anilines is 1. The van der Waals surface area contributed by atoms with Gasteiger partial charge < -0.3 is 15.8 Å². The molecule has 1 aliphatic heterocycles. The molecule has 5 nitrogen and oxygen atoms in total. The molecule has 0 aromatic carbocycles.